The van der Waals surface area contributed by atoms with Crippen LogP contribution in [0.5, 0.6) is 5.75 Å². The Hall–Kier alpha value is -1.86. The highest BCUT2D eigenvalue weighted by Crippen LogP contribution is 2.42. The van der Waals surface area contributed by atoms with Crippen molar-refractivity contribution in [2.45, 2.75) is 43.1 Å². The average Bonchev–Trinajstić information content (AvgIpc) is 3.15. The first-order valence-corrected chi connectivity index (χ1v) is 9.97. The van der Waals surface area contributed by atoms with Gasteiger partial charge in [-0.3, -0.25) is 9.69 Å². The van der Waals surface area contributed by atoms with Gasteiger partial charge in [0.1, 0.15) is 16.8 Å². The predicted molar refractivity (Wildman–Crippen MR) is 101 cm³/mol. The van der Waals surface area contributed by atoms with E-state index in [1.807, 2.05) is 19.1 Å². The van der Waals surface area contributed by atoms with E-state index in [2.05, 4.69) is 34.0 Å². The SMILES string of the molecule is COc1ccc(C(C2Sc3nc(C)nn3C2=O)N2CCC(C)CC2)cc1. The van der Waals surface area contributed by atoms with Crippen LogP contribution in [-0.4, -0.2) is 51.0 Å². The molecule has 0 saturated carbocycles. The predicted octanol–water partition coefficient (Wildman–Crippen LogP) is 3.18. The van der Waals surface area contributed by atoms with Crippen LogP contribution >= 0.6 is 11.8 Å². The first-order valence-electron chi connectivity index (χ1n) is 9.09. The number of carbonyl (C=O) groups excluding carboxylic acids is 1. The molecule has 3 heterocycles. The van der Waals surface area contributed by atoms with Crippen molar-refractivity contribution in [1.82, 2.24) is 19.7 Å². The zero-order valence-electron chi connectivity index (χ0n) is 15.4. The van der Waals surface area contributed by atoms with E-state index in [4.69, 9.17) is 4.74 Å². The van der Waals surface area contributed by atoms with Crippen LogP contribution < -0.4 is 4.74 Å². The fourth-order valence-corrected chi connectivity index (χ4v) is 5.09. The lowest BCUT2D eigenvalue weighted by atomic mass is 9.94. The maximum atomic E-state index is 13.0. The Morgan fingerprint density at radius 3 is 2.54 bits per heavy atom. The minimum Gasteiger partial charge on any atom is -0.497 e. The molecule has 0 N–H and O–H groups in total. The first kappa shape index (κ1) is 17.5. The Morgan fingerprint density at radius 2 is 1.92 bits per heavy atom. The third kappa shape index (κ3) is 3.14. The fourth-order valence-electron chi connectivity index (χ4n) is 3.78. The number of aromatic nitrogens is 3. The summed E-state index contributed by atoms with van der Waals surface area (Å²) in [7, 11) is 1.67. The van der Waals surface area contributed by atoms with Crippen molar-refractivity contribution >= 4 is 17.7 Å². The third-order valence-electron chi connectivity index (χ3n) is 5.32. The van der Waals surface area contributed by atoms with Gasteiger partial charge in [-0.05, 0) is 56.5 Å². The fraction of sp³-hybridized carbons (Fsp3) is 0.526. The minimum atomic E-state index is -0.215. The molecule has 2 aliphatic rings. The highest BCUT2D eigenvalue weighted by atomic mass is 32.2. The molecule has 0 aliphatic carbocycles. The second-order valence-corrected chi connectivity index (χ2v) is 8.28. The third-order valence-corrected chi connectivity index (χ3v) is 6.51. The maximum Gasteiger partial charge on any atom is 0.264 e. The topological polar surface area (TPSA) is 60.3 Å². The van der Waals surface area contributed by atoms with Crippen LogP contribution in [0.25, 0.3) is 0 Å². The highest BCUT2D eigenvalue weighted by Gasteiger charge is 2.43. The standard InChI is InChI=1S/C19H24N4O2S/c1-12-8-10-22(11-9-12)16(14-4-6-15(25-3)7-5-14)17-18(24)23-19(26-17)20-13(2)21-23/h4-7,12,16-17H,8-11H2,1-3H3. The van der Waals surface area contributed by atoms with Gasteiger partial charge in [-0.25, -0.2) is 4.98 Å². The number of thioether (sulfide) groups is 1. The number of hydrogen-bond donors (Lipinski definition) is 0. The van der Waals surface area contributed by atoms with Crippen molar-refractivity contribution in [3.63, 3.8) is 0 Å². The Balaban J connectivity index is 1.66. The maximum absolute atomic E-state index is 13.0. The Kier molecular flexibility index (Phi) is 4.75. The molecule has 1 saturated heterocycles. The van der Waals surface area contributed by atoms with E-state index in [-0.39, 0.29) is 17.2 Å². The quantitative estimate of drug-likeness (QED) is 0.821. The zero-order valence-corrected chi connectivity index (χ0v) is 16.2. The molecule has 4 rings (SSSR count). The van der Waals surface area contributed by atoms with Gasteiger partial charge < -0.3 is 4.74 Å². The lowest BCUT2D eigenvalue weighted by Crippen LogP contribution is -2.42. The van der Waals surface area contributed by atoms with Gasteiger partial charge in [0, 0.05) is 0 Å². The molecular formula is C19H24N4O2S. The van der Waals surface area contributed by atoms with Crippen molar-refractivity contribution in [3.8, 4) is 5.75 Å². The summed E-state index contributed by atoms with van der Waals surface area (Å²) in [6, 6.07) is 8.12. The molecule has 2 aromatic rings. The minimum absolute atomic E-state index is 0.0229. The number of nitrogens with zero attached hydrogens (tertiary/aromatic N) is 4. The van der Waals surface area contributed by atoms with Crippen molar-refractivity contribution in [3.05, 3.63) is 35.7 Å². The van der Waals surface area contributed by atoms with Crippen LogP contribution in [0.15, 0.2) is 29.4 Å². The van der Waals surface area contributed by atoms with Crippen LogP contribution in [0.4, 0.5) is 0 Å². The number of fused-ring (bicyclic) bond motifs is 1. The van der Waals surface area contributed by atoms with Gasteiger partial charge in [0.05, 0.1) is 13.2 Å². The molecule has 2 unspecified atom stereocenters. The molecule has 0 radical (unpaired) electrons. The Labute approximate surface area is 157 Å². The molecule has 1 aromatic carbocycles. The second kappa shape index (κ2) is 7.04. The number of hydrogen-bond acceptors (Lipinski definition) is 6. The van der Waals surface area contributed by atoms with Crippen molar-refractivity contribution in [2.75, 3.05) is 20.2 Å². The number of ether oxygens (including phenoxy) is 1. The van der Waals surface area contributed by atoms with Crippen molar-refractivity contribution in [1.29, 1.82) is 0 Å². The Bertz CT molecular complexity index is 796. The lowest BCUT2D eigenvalue weighted by molar-refractivity contribution is 0.0799. The van der Waals surface area contributed by atoms with Crippen LogP contribution in [0.3, 0.4) is 0 Å². The van der Waals surface area contributed by atoms with E-state index in [1.54, 1.807) is 7.11 Å². The van der Waals surface area contributed by atoms with Crippen molar-refractivity contribution < 1.29 is 9.53 Å². The summed E-state index contributed by atoms with van der Waals surface area (Å²) in [4.78, 5) is 19.9. The van der Waals surface area contributed by atoms with Gasteiger partial charge in [0.2, 0.25) is 0 Å². The number of methoxy groups -OCH3 is 1. The molecule has 2 aliphatic heterocycles. The molecule has 26 heavy (non-hydrogen) atoms. The molecule has 1 fully saturated rings. The molecule has 0 amide bonds. The van der Waals surface area contributed by atoms with E-state index in [0.717, 1.165) is 30.3 Å². The summed E-state index contributed by atoms with van der Waals surface area (Å²) in [6.45, 7) is 6.15. The summed E-state index contributed by atoms with van der Waals surface area (Å²) in [5.41, 5.74) is 1.15. The van der Waals surface area contributed by atoms with Crippen LogP contribution in [0.1, 0.15) is 42.0 Å². The summed E-state index contributed by atoms with van der Waals surface area (Å²) in [5, 5.41) is 4.77. The zero-order chi connectivity index (χ0) is 18.3. The van der Waals surface area contributed by atoms with Crippen LogP contribution in [0, 0.1) is 12.8 Å². The van der Waals surface area contributed by atoms with E-state index in [1.165, 1.54) is 29.3 Å². The molecule has 6 nitrogen and oxygen atoms in total. The number of rotatable bonds is 4. The monoisotopic (exact) mass is 372 g/mol. The summed E-state index contributed by atoms with van der Waals surface area (Å²) >= 11 is 1.54. The smallest absolute Gasteiger partial charge is 0.264 e. The summed E-state index contributed by atoms with van der Waals surface area (Å²) in [6.07, 6.45) is 2.33. The molecule has 0 spiro atoms. The lowest BCUT2D eigenvalue weighted by Gasteiger charge is -2.38. The van der Waals surface area contributed by atoms with E-state index < -0.39 is 0 Å². The van der Waals surface area contributed by atoms with Gasteiger partial charge in [-0.1, -0.05) is 30.8 Å². The molecule has 0 bridgehead atoms. The van der Waals surface area contributed by atoms with Crippen LogP contribution in [-0.2, 0) is 0 Å². The second-order valence-electron chi connectivity index (χ2n) is 7.17. The van der Waals surface area contributed by atoms with Gasteiger partial charge in [0.25, 0.3) is 5.91 Å². The highest BCUT2D eigenvalue weighted by molar-refractivity contribution is 8.00. The van der Waals surface area contributed by atoms with Crippen LogP contribution in [0.2, 0.25) is 0 Å². The van der Waals surface area contributed by atoms with Gasteiger partial charge in [-0.2, -0.15) is 4.68 Å². The molecule has 7 heteroatoms. The van der Waals surface area contributed by atoms with Gasteiger partial charge >= 0.3 is 0 Å². The van der Waals surface area contributed by atoms with E-state index in [0.29, 0.717) is 11.0 Å². The van der Waals surface area contributed by atoms with Gasteiger partial charge in [-0.15, -0.1) is 5.10 Å². The summed E-state index contributed by atoms with van der Waals surface area (Å²) in [5.74, 6) is 2.25. The van der Waals surface area contributed by atoms with E-state index in [9.17, 15) is 4.79 Å². The number of aryl methyl sites for hydroxylation is 1. The number of carbonyl (C=O) groups is 1. The number of piperidine rings is 1. The van der Waals surface area contributed by atoms with Gasteiger partial charge in [0.15, 0.2) is 5.16 Å². The average molecular weight is 372 g/mol. The first-order chi connectivity index (χ1) is 12.6. The summed E-state index contributed by atoms with van der Waals surface area (Å²) < 4.78 is 6.78. The molecule has 1 aromatic heterocycles. The molecule has 2 atom stereocenters. The molecular weight excluding hydrogens is 348 g/mol. The Morgan fingerprint density at radius 1 is 1.23 bits per heavy atom. The number of benzene rings is 1. The largest absolute Gasteiger partial charge is 0.497 e. The van der Waals surface area contributed by atoms with E-state index >= 15 is 0 Å². The molecule has 138 valence electrons. The number of likely N-dealkylation sites (tertiary alicyclic amines) is 1. The van der Waals surface area contributed by atoms with Crippen molar-refractivity contribution in [2.24, 2.45) is 5.92 Å². The normalized spacial score (nSPS) is 22.4.